The Balaban J connectivity index is 1.53. The first-order chi connectivity index (χ1) is 12.0. The normalized spacial score (nSPS) is 25.2. The van der Waals surface area contributed by atoms with Gasteiger partial charge in [-0.05, 0) is 18.4 Å². The molecule has 2 unspecified atom stereocenters. The van der Waals surface area contributed by atoms with Crippen molar-refractivity contribution in [3.63, 3.8) is 0 Å². The van der Waals surface area contributed by atoms with Crippen LogP contribution in [0.3, 0.4) is 0 Å². The molecule has 25 heavy (non-hydrogen) atoms. The van der Waals surface area contributed by atoms with Gasteiger partial charge in [0.2, 0.25) is 15.9 Å². The molecule has 2 atom stereocenters. The Labute approximate surface area is 149 Å². The number of carbonyl (C=O) groups is 1. The zero-order valence-corrected chi connectivity index (χ0v) is 15.3. The molecule has 0 saturated carbocycles. The molecule has 2 fully saturated rings. The number of hydrogen-bond donors (Lipinski definition) is 2. The summed E-state index contributed by atoms with van der Waals surface area (Å²) in [6.45, 7) is 3.54. The number of sulfonamides is 1. The van der Waals surface area contributed by atoms with Crippen LogP contribution in [0.1, 0.15) is 31.4 Å². The van der Waals surface area contributed by atoms with Crippen molar-refractivity contribution in [2.45, 2.75) is 31.8 Å². The van der Waals surface area contributed by atoms with Crippen LogP contribution in [0.25, 0.3) is 0 Å². The molecule has 2 aliphatic heterocycles. The number of amides is 1. The third-order valence-corrected chi connectivity index (χ3v) is 6.89. The number of nitrogens with one attached hydrogen (secondary N) is 2. The lowest BCUT2D eigenvalue weighted by Crippen LogP contribution is -2.54. The van der Waals surface area contributed by atoms with Gasteiger partial charge in [-0.1, -0.05) is 37.3 Å². The van der Waals surface area contributed by atoms with Gasteiger partial charge in [-0.15, -0.1) is 0 Å². The molecule has 2 saturated heterocycles. The van der Waals surface area contributed by atoms with Gasteiger partial charge < -0.3 is 4.90 Å². The Morgan fingerprint density at radius 1 is 1.12 bits per heavy atom. The minimum atomic E-state index is -3.18. The molecule has 2 N–H and O–H groups in total. The van der Waals surface area contributed by atoms with E-state index in [2.05, 4.69) is 10.9 Å². The average molecular weight is 366 g/mol. The van der Waals surface area contributed by atoms with Crippen molar-refractivity contribution < 1.29 is 13.2 Å². The number of carbonyl (C=O) groups excluding carboxylic acids is 1. The van der Waals surface area contributed by atoms with Crippen LogP contribution in [0.5, 0.6) is 0 Å². The SMILES string of the molecule is CCCS(=O)(=O)N1CCN(C(=O)C2CC(c3ccccc3)NN2)CC1. The Morgan fingerprint density at radius 3 is 2.44 bits per heavy atom. The van der Waals surface area contributed by atoms with Gasteiger partial charge >= 0.3 is 0 Å². The summed E-state index contributed by atoms with van der Waals surface area (Å²) in [5.74, 6) is 0.215. The van der Waals surface area contributed by atoms with E-state index in [1.807, 2.05) is 37.3 Å². The lowest BCUT2D eigenvalue weighted by molar-refractivity contribution is -0.134. The third kappa shape index (κ3) is 4.20. The maximum absolute atomic E-state index is 12.7. The summed E-state index contributed by atoms with van der Waals surface area (Å²) in [4.78, 5) is 14.5. The summed E-state index contributed by atoms with van der Waals surface area (Å²) >= 11 is 0. The second-order valence-electron chi connectivity index (χ2n) is 6.58. The van der Waals surface area contributed by atoms with E-state index in [4.69, 9.17) is 0 Å². The summed E-state index contributed by atoms with van der Waals surface area (Å²) in [6, 6.07) is 9.88. The van der Waals surface area contributed by atoms with E-state index in [1.165, 1.54) is 4.31 Å². The van der Waals surface area contributed by atoms with Crippen LogP contribution >= 0.6 is 0 Å². The standard InChI is InChI=1S/C17H26N4O3S/c1-2-12-25(23,24)21-10-8-20(9-11-21)17(22)16-13-15(18-19-16)14-6-4-3-5-7-14/h3-7,15-16,18-19H,2,8-13H2,1H3. The quantitative estimate of drug-likeness (QED) is 0.792. The average Bonchev–Trinajstić information content (AvgIpc) is 3.12. The summed E-state index contributed by atoms with van der Waals surface area (Å²) in [5.41, 5.74) is 7.43. The molecule has 1 aromatic carbocycles. The molecular formula is C17H26N4O3S. The minimum Gasteiger partial charge on any atom is -0.339 e. The molecule has 2 heterocycles. The van der Waals surface area contributed by atoms with Crippen molar-refractivity contribution in [2.24, 2.45) is 0 Å². The fourth-order valence-electron chi connectivity index (χ4n) is 3.42. The maximum Gasteiger partial charge on any atom is 0.241 e. The van der Waals surface area contributed by atoms with Crippen molar-refractivity contribution in [1.82, 2.24) is 20.1 Å². The molecule has 138 valence electrons. The van der Waals surface area contributed by atoms with Crippen molar-refractivity contribution in [2.75, 3.05) is 31.9 Å². The number of hydrazine groups is 1. The van der Waals surface area contributed by atoms with Gasteiger partial charge in [0.1, 0.15) is 6.04 Å². The molecule has 1 amide bonds. The zero-order chi connectivity index (χ0) is 17.9. The lowest BCUT2D eigenvalue weighted by atomic mass is 10.0. The smallest absolute Gasteiger partial charge is 0.241 e. The van der Waals surface area contributed by atoms with Crippen molar-refractivity contribution >= 4 is 15.9 Å². The van der Waals surface area contributed by atoms with Crippen LogP contribution < -0.4 is 10.9 Å². The summed E-state index contributed by atoms with van der Waals surface area (Å²) in [5, 5.41) is 0. The van der Waals surface area contributed by atoms with Crippen LogP contribution in [0.15, 0.2) is 30.3 Å². The lowest BCUT2D eigenvalue weighted by Gasteiger charge is -2.35. The molecule has 0 radical (unpaired) electrons. The van der Waals surface area contributed by atoms with Gasteiger partial charge in [-0.2, -0.15) is 4.31 Å². The Hall–Kier alpha value is -1.48. The van der Waals surface area contributed by atoms with E-state index in [0.29, 0.717) is 39.0 Å². The molecule has 1 aromatic rings. The Kier molecular flexibility index (Phi) is 5.73. The monoisotopic (exact) mass is 366 g/mol. The fourth-order valence-corrected chi connectivity index (χ4v) is 4.91. The first kappa shape index (κ1) is 18.3. The van der Waals surface area contributed by atoms with Gasteiger partial charge in [-0.25, -0.2) is 19.3 Å². The second kappa shape index (κ2) is 7.82. The Bertz CT molecular complexity index is 687. The molecule has 2 aliphatic rings. The second-order valence-corrected chi connectivity index (χ2v) is 8.67. The third-order valence-electron chi connectivity index (χ3n) is 4.81. The molecule has 8 heteroatoms. The first-order valence-electron chi connectivity index (χ1n) is 8.84. The summed E-state index contributed by atoms with van der Waals surface area (Å²) in [7, 11) is -3.18. The predicted molar refractivity (Wildman–Crippen MR) is 96.1 cm³/mol. The highest BCUT2D eigenvalue weighted by Crippen LogP contribution is 2.23. The van der Waals surface area contributed by atoms with E-state index in [9.17, 15) is 13.2 Å². The van der Waals surface area contributed by atoms with Crippen molar-refractivity contribution in [3.05, 3.63) is 35.9 Å². The van der Waals surface area contributed by atoms with E-state index in [0.717, 1.165) is 5.56 Å². The number of hydrogen-bond acceptors (Lipinski definition) is 5. The van der Waals surface area contributed by atoms with Crippen LogP contribution in [0, 0.1) is 0 Å². The molecule has 0 aromatic heterocycles. The van der Waals surface area contributed by atoms with Crippen LogP contribution in [0.2, 0.25) is 0 Å². The highest BCUT2D eigenvalue weighted by Gasteiger charge is 2.35. The molecule has 0 bridgehead atoms. The van der Waals surface area contributed by atoms with E-state index < -0.39 is 10.0 Å². The summed E-state index contributed by atoms with van der Waals surface area (Å²) < 4.78 is 25.7. The van der Waals surface area contributed by atoms with Crippen LogP contribution in [0.4, 0.5) is 0 Å². The number of piperazine rings is 1. The van der Waals surface area contributed by atoms with Gasteiger partial charge in [-0.3, -0.25) is 4.79 Å². The topological polar surface area (TPSA) is 81.8 Å². The first-order valence-corrected chi connectivity index (χ1v) is 10.4. The van der Waals surface area contributed by atoms with Gasteiger partial charge in [0.15, 0.2) is 0 Å². The van der Waals surface area contributed by atoms with Crippen LogP contribution in [-0.2, 0) is 14.8 Å². The number of benzene rings is 1. The number of rotatable bonds is 5. The minimum absolute atomic E-state index is 0.0403. The van der Waals surface area contributed by atoms with Crippen molar-refractivity contribution in [1.29, 1.82) is 0 Å². The largest absolute Gasteiger partial charge is 0.339 e. The summed E-state index contributed by atoms with van der Waals surface area (Å²) in [6.07, 6.45) is 1.30. The number of nitrogens with zero attached hydrogens (tertiary/aromatic N) is 2. The van der Waals surface area contributed by atoms with Gasteiger partial charge in [0.05, 0.1) is 5.75 Å². The van der Waals surface area contributed by atoms with E-state index in [1.54, 1.807) is 4.90 Å². The van der Waals surface area contributed by atoms with E-state index >= 15 is 0 Å². The van der Waals surface area contributed by atoms with Gasteiger partial charge in [0.25, 0.3) is 0 Å². The Morgan fingerprint density at radius 2 is 1.80 bits per heavy atom. The molecule has 0 aliphatic carbocycles. The van der Waals surface area contributed by atoms with Crippen LogP contribution in [-0.4, -0.2) is 61.5 Å². The van der Waals surface area contributed by atoms with E-state index in [-0.39, 0.29) is 23.7 Å². The maximum atomic E-state index is 12.7. The highest BCUT2D eigenvalue weighted by molar-refractivity contribution is 7.89. The van der Waals surface area contributed by atoms with Crippen molar-refractivity contribution in [3.8, 4) is 0 Å². The predicted octanol–water partition coefficient (Wildman–Crippen LogP) is 0.478. The molecule has 3 rings (SSSR count). The molecule has 7 nitrogen and oxygen atoms in total. The molecule has 0 spiro atoms. The highest BCUT2D eigenvalue weighted by atomic mass is 32.2. The zero-order valence-electron chi connectivity index (χ0n) is 14.5. The fraction of sp³-hybridized carbons (Fsp3) is 0.588. The molecular weight excluding hydrogens is 340 g/mol. The van der Waals surface area contributed by atoms with Gasteiger partial charge in [0, 0.05) is 32.2 Å².